The van der Waals surface area contributed by atoms with Crippen molar-refractivity contribution in [3.63, 3.8) is 0 Å². The number of hydrogen-bond donors (Lipinski definition) is 3. The summed E-state index contributed by atoms with van der Waals surface area (Å²) >= 11 is 0. The highest BCUT2D eigenvalue weighted by atomic mass is 127. The summed E-state index contributed by atoms with van der Waals surface area (Å²) in [5.41, 5.74) is 0.338. The molecule has 31 heavy (non-hydrogen) atoms. The molecule has 0 bridgehead atoms. The zero-order valence-electron chi connectivity index (χ0n) is 18.9. The lowest BCUT2D eigenvalue weighted by Crippen LogP contribution is -2.48. The highest BCUT2D eigenvalue weighted by molar-refractivity contribution is 14.0. The van der Waals surface area contributed by atoms with E-state index < -0.39 is 10.0 Å². The summed E-state index contributed by atoms with van der Waals surface area (Å²) in [7, 11) is 0.0148. The molecule has 0 aromatic heterocycles. The van der Waals surface area contributed by atoms with E-state index in [-0.39, 0.29) is 48.5 Å². The Morgan fingerprint density at radius 2 is 1.71 bits per heavy atom. The second-order valence-corrected chi connectivity index (χ2v) is 10.3. The highest BCUT2D eigenvalue weighted by Crippen LogP contribution is 2.21. The maximum Gasteiger partial charge on any atom is 0.243 e. The van der Waals surface area contributed by atoms with Gasteiger partial charge in [-0.15, -0.1) is 24.0 Å². The van der Waals surface area contributed by atoms with Crippen molar-refractivity contribution in [3.05, 3.63) is 29.8 Å². The Balaban J connectivity index is 0.00000480. The van der Waals surface area contributed by atoms with Crippen molar-refractivity contribution in [1.82, 2.24) is 25.2 Å². The first kappa shape index (κ1) is 27.6. The number of piperazine rings is 1. The van der Waals surface area contributed by atoms with E-state index in [0.29, 0.717) is 42.6 Å². The third kappa shape index (κ3) is 8.54. The first-order valence-corrected chi connectivity index (χ1v) is 11.5. The van der Waals surface area contributed by atoms with E-state index in [1.807, 2.05) is 33.9 Å². The fourth-order valence-electron chi connectivity index (χ4n) is 3.10. The predicted molar refractivity (Wildman–Crippen MR) is 134 cm³/mol. The van der Waals surface area contributed by atoms with E-state index >= 15 is 0 Å². The summed E-state index contributed by atoms with van der Waals surface area (Å²) in [4.78, 5) is 18.5. The molecule has 1 aliphatic rings. The Bertz CT molecular complexity index is 862. The molecular formula is C20H35IN6O3S. The van der Waals surface area contributed by atoms with Crippen molar-refractivity contribution in [1.29, 1.82) is 0 Å². The number of halogens is 1. The number of nitrogens with zero attached hydrogens (tertiary/aromatic N) is 3. The van der Waals surface area contributed by atoms with Crippen molar-refractivity contribution in [2.24, 2.45) is 4.99 Å². The van der Waals surface area contributed by atoms with Crippen LogP contribution in [0.4, 0.5) is 0 Å². The van der Waals surface area contributed by atoms with Gasteiger partial charge in [-0.2, -0.15) is 4.31 Å². The minimum atomic E-state index is -3.57. The minimum Gasteiger partial charge on any atom is -0.352 e. The van der Waals surface area contributed by atoms with Crippen LogP contribution in [0.15, 0.2) is 34.2 Å². The molecule has 0 spiro atoms. The van der Waals surface area contributed by atoms with Crippen LogP contribution in [0.2, 0.25) is 0 Å². The normalized spacial score (nSPS) is 16.4. The summed E-state index contributed by atoms with van der Waals surface area (Å²) in [5, 5.41) is 8.91. The molecule has 11 heteroatoms. The van der Waals surface area contributed by atoms with Gasteiger partial charge in [-0.05, 0) is 39.4 Å². The standard InChI is InChI=1S/C20H34N6O3S.HI/c1-20(2,3)24-18(27)15-23-19(21-4)22-14-16-8-6-7-9-17(16)30(28,29)26-12-10-25(5)11-13-26;/h6-9H,10-15H2,1-5H3,(H,24,27)(H2,21,22,23);1H. The maximum absolute atomic E-state index is 13.2. The lowest BCUT2D eigenvalue weighted by Gasteiger charge is -2.32. The maximum atomic E-state index is 13.2. The van der Waals surface area contributed by atoms with Crippen LogP contribution in [0.25, 0.3) is 0 Å². The molecule has 3 N–H and O–H groups in total. The number of rotatable bonds is 6. The number of sulfonamides is 1. The van der Waals surface area contributed by atoms with Crippen LogP contribution in [-0.4, -0.2) is 81.8 Å². The minimum absolute atomic E-state index is 0. The summed E-state index contributed by atoms with van der Waals surface area (Å²) in [5.74, 6) is 0.273. The van der Waals surface area contributed by atoms with E-state index in [2.05, 4.69) is 25.8 Å². The van der Waals surface area contributed by atoms with E-state index in [9.17, 15) is 13.2 Å². The molecular weight excluding hydrogens is 531 g/mol. The average Bonchev–Trinajstić information content (AvgIpc) is 2.67. The number of benzene rings is 1. The number of carbonyl (C=O) groups is 1. The highest BCUT2D eigenvalue weighted by Gasteiger charge is 2.29. The molecule has 1 fully saturated rings. The average molecular weight is 567 g/mol. The predicted octanol–water partition coefficient (Wildman–Crippen LogP) is 0.820. The summed E-state index contributed by atoms with van der Waals surface area (Å²) in [6.45, 7) is 8.46. The quantitative estimate of drug-likeness (QED) is 0.268. The second kappa shape index (κ2) is 12.0. The molecule has 176 valence electrons. The van der Waals surface area contributed by atoms with Crippen molar-refractivity contribution in [3.8, 4) is 0 Å². The molecule has 0 atom stereocenters. The van der Waals surface area contributed by atoms with Crippen LogP contribution >= 0.6 is 24.0 Å². The number of nitrogens with one attached hydrogen (secondary N) is 3. The Morgan fingerprint density at radius 3 is 2.29 bits per heavy atom. The molecule has 0 aliphatic carbocycles. The lowest BCUT2D eigenvalue weighted by atomic mass is 10.1. The Labute approximate surface area is 203 Å². The third-order valence-electron chi connectivity index (χ3n) is 4.65. The van der Waals surface area contributed by atoms with Crippen LogP contribution in [0.5, 0.6) is 0 Å². The van der Waals surface area contributed by atoms with E-state index in [4.69, 9.17) is 0 Å². The van der Waals surface area contributed by atoms with Crippen LogP contribution < -0.4 is 16.0 Å². The van der Waals surface area contributed by atoms with Gasteiger partial charge in [-0.1, -0.05) is 18.2 Å². The van der Waals surface area contributed by atoms with Gasteiger partial charge in [0.25, 0.3) is 0 Å². The molecule has 1 aliphatic heterocycles. The van der Waals surface area contributed by atoms with Gasteiger partial charge in [-0.3, -0.25) is 9.79 Å². The smallest absolute Gasteiger partial charge is 0.243 e. The summed E-state index contributed by atoms with van der Waals surface area (Å²) < 4.78 is 27.9. The zero-order chi connectivity index (χ0) is 22.4. The van der Waals surface area contributed by atoms with Gasteiger partial charge in [0.05, 0.1) is 11.4 Å². The molecule has 0 unspecified atom stereocenters. The van der Waals surface area contributed by atoms with Gasteiger partial charge in [0.15, 0.2) is 5.96 Å². The van der Waals surface area contributed by atoms with Crippen molar-refractivity contribution >= 4 is 45.9 Å². The van der Waals surface area contributed by atoms with E-state index in [1.165, 1.54) is 4.31 Å². The van der Waals surface area contributed by atoms with Gasteiger partial charge in [0, 0.05) is 45.3 Å². The number of amides is 1. The Morgan fingerprint density at radius 1 is 1.10 bits per heavy atom. The van der Waals surface area contributed by atoms with Crippen LogP contribution in [-0.2, 0) is 21.4 Å². The fraction of sp³-hybridized carbons (Fsp3) is 0.600. The number of hydrogen-bond acceptors (Lipinski definition) is 5. The largest absolute Gasteiger partial charge is 0.352 e. The van der Waals surface area contributed by atoms with Gasteiger partial charge < -0.3 is 20.9 Å². The molecule has 1 heterocycles. The number of aliphatic imine (C=N–C) groups is 1. The van der Waals surface area contributed by atoms with Crippen LogP contribution in [0, 0.1) is 0 Å². The van der Waals surface area contributed by atoms with E-state index in [0.717, 1.165) is 0 Å². The van der Waals surface area contributed by atoms with Gasteiger partial charge in [0.1, 0.15) is 0 Å². The van der Waals surface area contributed by atoms with Crippen molar-refractivity contribution in [2.45, 2.75) is 37.8 Å². The first-order chi connectivity index (χ1) is 14.0. The third-order valence-corrected chi connectivity index (χ3v) is 6.65. The molecule has 1 saturated heterocycles. The molecule has 2 rings (SSSR count). The Kier molecular flexibility index (Phi) is 10.7. The molecule has 1 amide bonds. The summed E-state index contributed by atoms with van der Waals surface area (Å²) in [6, 6.07) is 6.97. The molecule has 9 nitrogen and oxygen atoms in total. The van der Waals surface area contributed by atoms with Gasteiger partial charge in [-0.25, -0.2) is 8.42 Å². The SMILES string of the molecule is CN=C(NCC(=O)NC(C)(C)C)NCc1ccccc1S(=O)(=O)N1CCN(C)CC1.I. The molecule has 0 radical (unpaired) electrons. The Hall–Kier alpha value is -1.44. The van der Waals surface area contributed by atoms with Gasteiger partial charge in [0.2, 0.25) is 15.9 Å². The van der Waals surface area contributed by atoms with Gasteiger partial charge >= 0.3 is 0 Å². The lowest BCUT2D eigenvalue weighted by molar-refractivity contribution is -0.121. The summed E-state index contributed by atoms with van der Waals surface area (Å²) in [6.07, 6.45) is 0. The van der Waals surface area contributed by atoms with Crippen molar-refractivity contribution < 1.29 is 13.2 Å². The fourth-order valence-corrected chi connectivity index (χ4v) is 4.74. The topological polar surface area (TPSA) is 106 Å². The molecule has 1 aromatic carbocycles. The van der Waals surface area contributed by atoms with E-state index in [1.54, 1.807) is 25.2 Å². The monoisotopic (exact) mass is 566 g/mol. The number of guanidine groups is 1. The molecule has 1 aromatic rings. The first-order valence-electron chi connectivity index (χ1n) is 10.0. The number of carbonyl (C=O) groups excluding carboxylic acids is 1. The van der Waals surface area contributed by atoms with Crippen molar-refractivity contribution in [2.75, 3.05) is 46.8 Å². The van der Waals surface area contributed by atoms with Crippen LogP contribution in [0.3, 0.4) is 0 Å². The zero-order valence-corrected chi connectivity index (χ0v) is 22.1. The second-order valence-electron chi connectivity index (χ2n) is 8.39. The number of likely N-dealkylation sites (N-methyl/N-ethyl adjacent to an activating group) is 1. The van der Waals surface area contributed by atoms with Crippen LogP contribution in [0.1, 0.15) is 26.3 Å². The molecule has 0 saturated carbocycles.